The fraction of sp³-hybridized carbons (Fsp3) is 0. The molecule has 0 atom stereocenters. The molecular formula is C17H11N3O14S3. The molecule has 4 N–H and O–H groups in total. The van der Waals surface area contributed by atoms with Crippen molar-refractivity contribution in [3.63, 3.8) is 0 Å². The minimum Gasteiger partial charge on any atom is -0.321 e. The number of nitro groups is 2. The van der Waals surface area contributed by atoms with Crippen molar-refractivity contribution in [1.82, 2.24) is 0 Å². The van der Waals surface area contributed by atoms with Gasteiger partial charge in [-0.15, -0.1) is 0 Å². The highest BCUT2D eigenvalue weighted by atomic mass is 32.2. The summed E-state index contributed by atoms with van der Waals surface area (Å²) in [6, 6.07) is 3.81. The molecule has 3 aromatic carbocycles. The molecule has 0 saturated heterocycles. The minimum absolute atomic E-state index is 0.231. The average molecular weight is 577 g/mol. The van der Waals surface area contributed by atoms with Gasteiger partial charge in [-0.3, -0.25) is 38.7 Å². The second-order valence-corrected chi connectivity index (χ2v) is 11.3. The third kappa shape index (κ3) is 5.68. The van der Waals surface area contributed by atoms with Crippen LogP contribution >= 0.6 is 0 Å². The van der Waals surface area contributed by atoms with Crippen LogP contribution in [0.5, 0.6) is 0 Å². The molecule has 17 nitrogen and oxygen atoms in total. The van der Waals surface area contributed by atoms with Crippen LogP contribution in [0.15, 0.2) is 57.2 Å². The molecule has 0 radical (unpaired) electrons. The van der Waals surface area contributed by atoms with Gasteiger partial charge in [-0.1, -0.05) is 0 Å². The number of carbonyl (C=O) groups is 1. The van der Waals surface area contributed by atoms with Crippen molar-refractivity contribution in [2.75, 3.05) is 5.32 Å². The van der Waals surface area contributed by atoms with E-state index in [4.69, 9.17) is 0 Å². The number of benzene rings is 3. The van der Waals surface area contributed by atoms with Gasteiger partial charge in [0.15, 0.2) is 0 Å². The first-order chi connectivity index (χ1) is 16.8. The van der Waals surface area contributed by atoms with Crippen LogP contribution in [0.4, 0.5) is 17.1 Å². The predicted molar refractivity (Wildman–Crippen MR) is 121 cm³/mol. The van der Waals surface area contributed by atoms with E-state index in [0.29, 0.717) is 30.3 Å². The molecule has 3 aromatic rings. The van der Waals surface area contributed by atoms with Crippen molar-refractivity contribution >= 4 is 64.1 Å². The molecule has 0 bridgehead atoms. The fourth-order valence-corrected chi connectivity index (χ4v) is 5.25. The van der Waals surface area contributed by atoms with E-state index in [9.17, 15) is 63.9 Å². The molecular weight excluding hydrogens is 566 g/mol. The van der Waals surface area contributed by atoms with Crippen LogP contribution in [-0.4, -0.2) is 54.7 Å². The summed E-state index contributed by atoms with van der Waals surface area (Å²) in [7, 11) is -15.8. The molecule has 1 amide bonds. The first-order valence-electron chi connectivity index (χ1n) is 9.09. The summed E-state index contributed by atoms with van der Waals surface area (Å²) >= 11 is 0. The lowest BCUT2D eigenvalue weighted by atomic mass is 10.1. The average Bonchev–Trinajstić information content (AvgIpc) is 2.75. The van der Waals surface area contributed by atoms with E-state index in [1.165, 1.54) is 0 Å². The van der Waals surface area contributed by atoms with Crippen molar-refractivity contribution in [2.24, 2.45) is 0 Å². The minimum atomic E-state index is -5.42. The Bertz CT molecular complexity index is 1820. The zero-order chi connectivity index (χ0) is 28.1. The molecule has 0 aromatic heterocycles. The van der Waals surface area contributed by atoms with E-state index < -0.39 is 94.2 Å². The number of hydrogen-bond donors (Lipinski definition) is 4. The Morgan fingerprint density at radius 2 is 1.24 bits per heavy atom. The standard InChI is InChI=1S/C17H11N3O14S3/c21-17(8-3-9(19(22)23)5-10(4-8)20(24)25)18-13-1-2-14(36(29,30)31)12-6-11(35(26,27)28)7-15(16(12)13)37(32,33)34/h1-7H,(H,18,21)(H,26,27,28)(H,29,30,31)(H,32,33,34). The van der Waals surface area contributed by atoms with E-state index in [1.807, 2.05) is 5.32 Å². The zero-order valence-electron chi connectivity index (χ0n) is 17.5. The van der Waals surface area contributed by atoms with Gasteiger partial charge in [0.05, 0.1) is 32.1 Å². The highest BCUT2D eigenvalue weighted by Gasteiger charge is 2.28. The van der Waals surface area contributed by atoms with Gasteiger partial charge >= 0.3 is 0 Å². The Morgan fingerprint density at radius 1 is 0.730 bits per heavy atom. The molecule has 0 aliphatic rings. The Labute approximate surface area is 205 Å². The quantitative estimate of drug-likeness (QED) is 0.176. The lowest BCUT2D eigenvalue weighted by Gasteiger charge is -2.15. The SMILES string of the molecule is O=C(Nc1ccc(S(=O)(=O)O)c2cc(S(=O)(=O)O)cc(S(=O)(=O)O)c12)c1cc([N+](=O)[O-])cc([N+](=O)[O-])c1. The van der Waals surface area contributed by atoms with Gasteiger partial charge in [0.2, 0.25) is 0 Å². The summed E-state index contributed by atoms with van der Waals surface area (Å²) in [6.45, 7) is 0. The van der Waals surface area contributed by atoms with Gasteiger partial charge < -0.3 is 5.32 Å². The summed E-state index contributed by atoms with van der Waals surface area (Å²) in [5, 5.41) is 22.5. The van der Waals surface area contributed by atoms with Crippen LogP contribution in [0.1, 0.15) is 10.4 Å². The Morgan fingerprint density at radius 3 is 1.68 bits per heavy atom. The maximum atomic E-state index is 12.8. The molecule has 0 unspecified atom stereocenters. The molecule has 0 heterocycles. The molecule has 3 rings (SSSR count). The Hall–Kier alpha value is -4.08. The molecule has 37 heavy (non-hydrogen) atoms. The number of carbonyl (C=O) groups excluding carboxylic acids is 1. The number of hydrogen-bond acceptors (Lipinski definition) is 11. The number of non-ortho nitro benzene ring substituents is 2. The van der Waals surface area contributed by atoms with Crippen molar-refractivity contribution in [1.29, 1.82) is 0 Å². The van der Waals surface area contributed by atoms with Crippen LogP contribution in [0.25, 0.3) is 10.8 Å². The maximum absolute atomic E-state index is 12.8. The lowest BCUT2D eigenvalue weighted by molar-refractivity contribution is -0.394. The Kier molecular flexibility index (Phi) is 6.76. The highest BCUT2D eigenvalue weighted by Crippen LogP contribution is 2.37. The van der Waals surface area contributed by atoms with Crippen LogP contribution < -0.4 is 5.32 Å². The number of anilines is 1. The molecule has 20 heteroatoms. The summed E-state index contributed by atoms with van der Waals surface area (Å²) in [4.78, 5) is 29.3. The van der Waals surface area contributed by atoms with E-state index in [1.54, 1.807) is 0 Å². The number of nitrogens with zero attached hydrogens (tertiary/aromatic N) is 2. The van der Waals surface area contributed by atoms with Gasteiger partial charge in [0.1, 0.15) is 9.79 Å². The summed E-state index contributed by atoms with van der Waals surface area (Å²) in [5.74, 6) is -1.31. The van der Waals surface area contributed by atoms with E-state index in [2.05, 4.69) is 0 Å². The molecule has 0 saturated carbocycles. The van der Waals surface area contributed by atoms with Gasteiger partial charge in [-0.25, -0.2) is 0 Å². The summed E-state index contributed by atoms with van der Waals surface area (Å²) in [6.07, 6.45) is 0. The molecule has 0 aliphatic carbocycles. The van der Waals surface area contributed by atoms with Crippen LogP contribution in [0.3, 0.4) is 0 Å². The zero-order valence-corrected chi connectivity index (χ0v) is 19.9. The second kappa shape index (κ2) is 9.10. The van der Waals surface area contributed by atoms with Gasteiger partial charge in [-0.05, 0) is 24.3 Å². The predicted octanol–water partition coefficient (Wildman–Crippen LogP) is 1.65. The normalized spacial score (nSPS) is 12.3. The van der Waals surface area contributed by atoms with Gasteiger partial charge in [0, 0.05) is 22.9 Å². The van der Waals surface area contributed by atoms with E-state index in [-0.39, 0.29) is 6.07 Å². The van der Waals surface area contributed by atoms with Crippen molar-refractivity contribution in [2.45, 2.75) is 14.7 Å². The molecule has 0 fully saturated rings. The molecule has 0 aliphatic heterocycles. The van der Waals surface area contributed by atoms with Crippen molar-refractivity contribution in [3.8, 4) is 0 Å². The van der Waals surface area contributed by atoms with E-state index in [0.717, 1.165) is 6.07 Å². The molecule has 0 spiro atoms. The number of rotatable bonds is 7. The van der Waals surface area contributed by atoms with Crippen LogP contribution in [0, 0.1) is 20.2 Å². The topological polar surface area (TPSA) is 278 Å². The van der Waals surface area contributed by atoms with Gasteiger partial charge in [-0.2, -0.15) is 25.3 Å². The third-order valence-corrected chi connectivity index (χ3v) is 7.32. The van der Waals surface area contributed by atoms with E-state index >= 15 is 0 Å². The lowest BCUT2D eigenvalue weighted by Crippen LogP contribution is -2.15. The number of nitro benzene ring substituents is 2. The third-order valence-electron chi connectivity index (χ3n) is 4.70. The first kappa shape index (κ1) is 27.5. The number of amides is 1. The fourth-order valence-electron chi connectivity index (χ4n) is 3.21. The second-order valence-electron chi connectivity index (χ2n) is 7.09. The van der Waals surface area contributed by atoms with Crippen LogP contribution in [-0.2, 0) is 30.4 Å². The van der Waals surface area contributed by atoms with Crippen molar-refractivity contribution < 1.29 is 53.6 Å². The summed E-state index contributed by atoms with van der Waals surface area (Å²) in [5.41, 5.74) is -3.03. The largest absolute Gasteiger partial charge is 0.321 e. The smallest absolute Gasteiger partial charge is 0.295 e. The number of fused-ring (bicyclic) bond motifs is 1. The van der Waals surface area contributed by atoms with Crippen LogP contribution in [0.2, 0.25) is 0 Å². The number of nitrogens with one attached hydrogen (secondary N) is 1. The maximum Gasteiger partial charge on any atom is 0.295 e. The first-order valence-corrected chi connectivity index (χ1v) is 13.4. The van der Waals surface area contributed by atoms with Crippen molar-refractivity contribution in [3.05, 3.63) is 68.3 Å². The Balaban J connectivity index is 2.38. The highest BCUT2D eigenvalue weighted by molar-refractivity contribution is 7.87. The summed E-state index contributed by atoms with van der Waals surface area (Å²) < 4.78 is 99.5. The van der Waals surface area contributed by atoms with Gasteiger partial charge in [0.25, 0.3) is 47.6 Å². The molecule has 196 valence electrons. The monoisotopic (exact) mass is 577 g/mol.